The van der Waals surface area contributed by atoms with Gasteiger partial charge in [-0.2, -0.15) is 0 Å². The maximum Gasteiger partial charge on any atom is 0.252 e. The van der Waals surface area contributed by atoms with Crippen LogP contribution in [0.5, 0.6) is 0 Å². The molecule has 0 aliphatic carbocycles. The van der Waals surface area contributed by atoms with E-state index in [-0.39, 0.29) is 23.7 Å². The van der Waals surface area contributed by atoms with Crippen molar-refractivity contribution in [2.24, 2.45) is 0 Å². The first-order valence-corrected chi connectivity index (χ1v) is 11.2. The molecule has 0 spiro atoms. The highest BCUT2D eigenvalue weighted by molar-refractivity contribution is 5.94. The lowest BCUT2D eigenvalue weighted by atomic mass is 10.1. The quantitative estimate of drug-likeness (QED) is 0.682. The number of pyridine rings is 1. The minimum absolute atomic E-state index is 0.164. The van der Waals surface area contributed by atoms with Crippen molar-refractivity contribution >= 4 is 11.8 Å². The van der Waals surface area contributed by atoms with Gasteiger partial charge in [0.2, 0.25) is 5.91 Å². The van der Waals surface area contributed by atoms with Crippen LogP contribution in [0.2, 0.25) is 0 Å². The van der Waals surface area contributed by atoms with Crippen molar-refractivity contribution in [3.05, 3.63) is 54.0 Å². The second-order valence-corrected chi connectivity index (χ2v) is 8.22. The SMILES string of the molecule is O=C(NCCC1CCC(=O)N1CCN1CCOCC1)c1ccc(-c2cccc(F)c2)nc1. The summed E-state index contributed by atoms with van der Waals surface area (Å²) in [5.74, 6) is -0.324. The Kier molecular flexibility index (Phi) is 7.44. The van der Waals surface area contributed by atoms with Crippen LogP contribution in [0, 0.1) is 5.82 Å². The van der Waals surface area contributed by atoms with E-state index in [0.717, 1.165) is 52.2 Å². The Balaban J connectivity index is 1.25. The Labute approximate surface area is 187 Å². The summed E-state index contributed by atoms with van der Waals surface area (Å²) in [5.41, 5.74) is 1.73. The van der Waals surface area contributed by atoms with Crippen molar-refractivity contribution < 1.29 is 18.7 Å². The Bertz CT molecular complexity index is 931. The molecule has 3 heterocycles. The molecule has 2 saturated heterocycles. The molecule has 170 valence electrons. The molecule has 1 atom stereocenters. The van der Waals surface area contributed by atoms with Crippen molar-refractivity contribution in [1.82, 2.24) is 20.1 Å². The van der Waals surface area contributed by atoms with Gasteiger partial charge in [0.05, 0.1) is 24.5 Å². The Morgan fingerprint density at radius 3 is 2.78 bits per heavy atom. The lowest BCUT2D eigenvalue weighted by molar-refractivity contribution is -0.129. The normalized spacial score (nSPS) is 19.3. The predicted octanol–water partition coefficient (Wildman–Crippen LogP) is 2.33. The van der Waals surface area contributed by atoms with Crippen LogP contribution in [-0.4, -0.2) is 78.6 Å². The molecule has 2 aliphatic heterocycles. The molecular formula is C24H29FN4O3. The molecule has 1 N–H and O–H groups in total. The molecule has 2 aliphatic rings. The van der Waals surface area contributed by atoms with Crippen molar-refractivity contribution in [2.45, 2.75) is 25.3 Å². The van der Waals surface area contributed by atoms with Gasteiger partial charge < -0.3 is 15.0 Å². The van der Waals surface area contributed by atoms with E-state index in [1.807, 2.05) is 4.90 Å². The standard InChI is InChI=1S/C24H29FN4O3/c25-20-3-1-2-18(16-20)22-6-4-19(17-27-22)24(31)26-9-8-21-5-7-23(30)29(21)11-10-28-12-14-32-15-13-28/h1-4,6,16-17,21H,5,7-15H2,(H,26,31). The second-order valence-electron chi connectivity index (χ2n) is 8.22. The van der Waals surface area contributed by atoms with Gasteiger partial charge in [0.15, 0.2) is 0 Å². The molecular weight excluding hydrogens is 411 g/mol. The van der Waals surface area contributed by atoms with E-state index in [1.165, 1.54) is 18.3 Å². The molecule has 1 unspecified atom stereocenters. The maximum atomic E-state index is 13.4. The van der Waals surface area contributed by atoms with Crippen LogP contribution in [0.4, 0.5) is 4.39 Å². The fourth-order valence-corrected chi connectivity index (χ4v) is 4.28. The van der Waals surface area contributed by atoms with Crippen LogP contribution >= 0.6 is 0 Å². The number of carbonyl (C=O) groups is 2. The number of amides is 2. The summed E-state index contributed by atoms with van der Waals surface area (Å²) in [4.78, 5) is 33.4. The van der Waals surface area contributed by atoms with Crippen LogP contribution in [0.3, 0.4) is 0 Å². The minimum Gasteiger partial charge on any atom is -0.379 e. The first-order valence-electron chi connectivity index (χ1n) is 11.2. The number of aromatic nitrogens is 1. The van der Waals surface area contributed by atoms with E-state index in [2.05, 4.69) is 15.2 Å². The highest BCUT2D eigenvalue weighted by atomic mass is 19.1. The third kappa shape index (κ3) is 5.69. The van der Waals surface area contributed by atoms with Gasteiger partial charge in [-0.1, -0.05) is 12.1 Å². The summed E-state index contributed by atoms with van der Waals surface area (Å²) in [6.07, 6.45) is 3.65. The van der Waals surface area contributed by atoms with Gasteiger partial charge in [0.1, 0.15) is 5.82 Å². The van der Waals surface area contributed by atoms with E-state index in [9.17, 15) is 14.0 Å². The Hall–Kier alpha value is -2.84. The third-order valence-electron chi connectivity index (χ3n) is 6.12. The summed E-state index contributed by atoms with van der Waals surface area (Å²) in [6, 6.07) is 9.77. The van der Waals surface area contributed by atoms with E-state index < -0.39 is 0 Å². The van der Waals surface area contributed by atoms with Crippen molar-refractivity contribution in [3.63, 3.8) is 0 Å². The number of hydrogen-bond acceptors (Lipinski definition) is 5. The number of rotatable bonds is 8. The molecule has 2 amide bonds. The molecule has 8 heteroatoms. The number of benzene rings is 1. The van der Waals surface area contributed by atoms with Crippen molar-refractivity contribution in [1.29, 1.82) is 0 Å². The Morgan fingerprint density at radius 2 is 2.03 bits per heavy atom. The highest BCUT2D eigenvalue weighted by Crippen LogP contribution is 2.21. The number of carbonyl (C=O) groups excluding carboxylic acids is 2. The van der Waals surface area contributed by atoms with Gasteiger partial charge in [-0.15, -0.1) is 0 Å². The molecule has 4 rings (SSSR count). The van der Waals surface area contributed by atoms with Crippen LogP contribution in [0.15, 0.2) is 42.6 Å². The molecule has 7 nitrogen and oxygen atoms in total. The zero-order valence-electron chi connectivity index (χ0n) is 18.1. The van der Waals surface area contributed by atoms with E-state index in [0.29, 0.717) is 29.8 Å². The lowest BCUT2D eigenvalue weighted by Gasteiger charge is -2.31. The number of morpholine rings is 1. The summed E-state index contributed by atoms with van der Waals surface area (Å²) in [5, 5.41) is 2.93. The average molecular weight is 441 g/mol. The van der Waals surface area contributed by atoms with Crippen LogP contribution < -0.4 is 5.32 Å². The fraction of sp³-hybridized carbons (Fsp3) is 0.458. The van der Waals surface area contributed by atoms with E-state index >= 15 is 0 Å². The number of nitrogens with zero attached hydrogens (tertiary/aromatic N) is 3. The summed E-state index contributed by atoms with van der Waals surface area (Å²) >= 11 is 0. The number of nitrogens with one attached hydrogen (secondary N) is 1. The van der Waals surface area contributed by atoms with Gasteiger partial charge in [-0.25, -0.2) is 4.39 Å². The zero-order chi connectivity index (χ0) is 22.3. The topological polar surface area (TPSA) is 74.8 Å². The van der Waals surface area contributed by atoms with E-state index in [4.69, 9.17) is 4.74 Å². The lowest BCUT2D eigenvalue weighted by Crippen LogP contribution is -2.44. The summed E-state index contributed by atoms with van der Waals surface area (Å²) in [7, 11) is 0. The van der Waals surface area contributed by atoms with Gasteiger partial charge in [-0.3, -0.25) is 19.5 Å². The third-order valence-corrected chi connectivity index (χ3v) is 6.12. The van der Waals surface area contributed by atoms with Gasteiger partial charge >= 0.3 is 0 Å². The van der Waals surface area contributed by atoms with E-state index in [1.54, 1.807) is 24.3 Å². The number of likely N-dealkylation sites (tertiary alicyclic amines) is 1. The average Bonchev–Trinajstić information content (AvgIpc) is 3.17. The van der Waals surface area contributed by atoms with Gasteiger partial charge in [0, 0.05) is 56.9 Å². The number of hydrogen-bond donors (Lipinski definition) is 1. The molecule has 2 fully saturated rings. The maximum absolute atomic E-state index is 13.4. The molecule has 0 saturated carbocycles. The first-order chi connectivity index (χ1) is 15.6. The Morgan fingerprint density at radius 1 is 1.19 bits per heavy atom. The number of ether oxygens (including phenoxy) is 1. The van der Waals surface area contributed by atoms with Crippen LogP contribution in [0.1, 0.15) is 29.6 Å². The fourth-order valence-electron chi connectivity index (χ4n) is 4.28. The molecule has 2 aromatic rings. The first kappa shape index (κ1) is 22.4. The molecule has 0 bridgehead atoms. The molecule has 0 radical (unpaired) electrons. The smallest absolute Gasteiger partial charge is 0.252 e. The zero-order valence-corrected chi connectivity index (χ0v) is 18.1. The largest absolute Gasteiger partial charge is 0.379 e. The monoisotopic (exact) mass is 440 g/mol. The second kappa shape index (κ2) is 10.7. The van der Waals surface area contributed by atoms with Crippen LogP contribution in [0.25, 0.3) is 11.3 Å². The number of halogens is 1. The summed E-state index contributed by atoms with van der Waals surface area (Å²) in [6.45, 7) is 5.41. The van der Waals surface area contributed by atoms with Crippen LogP contribution in [-0.2, 0) is 9.53 Å². The molecule has 1 aromatic carbocycles. The molecule has 32 heavy (non-hydrogen) atoms. The highest BCUT2D eigenvalue weighted by Gasteiger charge is 2.30. The molecule has 1 aromatic heterocycles. The van der Waals surface area contributed by atoms with Crippen molar-refractivity contribution in [3.8, 4) is 11.3 Å². The van der Waals surface area contributed by atoms with Gasteiger partial charge in [0.25, 0.3) is 5.91 Å². The van der Waals surface area contributed by atoms with Crippen molar-refractivity contribution in [2.75, 3.05) is 45.9 Å². The van der Waals surface area contributed by atoms with Gasteiger partial charge in [-0.05, 0) is 37.1 Å². The summed E-state index contributed by atoms with van der Waals surface area (Å²) < 4.78 is 18.8. The minimum atomic E-state index is -0.324. The predicted molar refractivity (Wildman–Crippen MR) is 119 cm³/mol.